The maximum Gasteiger partial charge on any atom is 0.252 e. The molecule has 0 aromatic heterocycles. The van der Waals surface area contributed by atoms with E-state index in [1.54, 1.807) is 0 Å². The van der Waals surface area contributed by atoms with E-state index in [9.17, 15) is 4.79 Å². The van der Waals surface area contributed by atoms with Gasteiger partial charge in [0, 0.05) is 5.56 Å². The van der Waals surface area contributed by atoms with Crippen LogP contribution in [0.2, 0.25) is 5.02 Å². The zero-order chi connectivity index (χ0) is 13.8. The van der Waals surface area contributed by atoms with Crippen molar-refractivity contribution < 1.29 is 20.1 Å². The number of hydrogen-bond acceptors (Lipinski definition) is 5. The number of nitrogens with one attached hydrogen (secondary N) is 1. The molecule has 0 unspecified atom stereocenters. The molecule has 18 heavy (non-hydrogen) atoms. The highest BCUT2D eigenvalue weighted by Gasteiger charge is 2.30. The van der Waals surface area contributed by atoms with Crippen LogP contribution in [-0.4, -0.2) is 46.6 Å². The van der Waals surface area contributed by atoms with Crippen LogP contribution < -0.4 is 11.1 Å². The van der Waals surface area contributed by atoms with Gasteiger partial charge in [-0.2, -0.15) is 0 Å². The Hall–Kier alpha value is -1.34. The zero-order valence-corrected chi connectivity index (χ0v) is 10.3. The molecule has 0 bridgehead atoms. The minimum absolute atomic E-state index is 0.217. The van der Waals surface area contributed by atoms with E-state index in [1.165, 1.54) is 18.2 Å². The zero-order valence-electron chi connectivity index (χ0n) is 9.56. The summed E-state index contributed by atoms with van der Waals surface area (Å²) < 4.78 is 0. The van der Waals surface area contributed by atoms with E-state index in [2.05, 4.69) is 5.32 Å². The average Bonchev–Trinajstić information content (AvgIpc) is 2.39. The second-order valence-electron chi connectivity index (χ2n) is 3.95. The number of anilines is 1. The highest BCUT2D eigenvalue weighted by molar-refractivity contribution is 6.33. The van der Waals surface area contributed by atoms with Gasteiger partial charge < -0.3 is 26.4 Å². The summed E-state index contributed by atoms with van der Waals surface area (Å²) in [5.74, 6) is -0.575. The summed E-state index contributed by atoms with van der Waals surface area (Å²) in [7, 11) is 0. The third kappa shape index (κ3) is 3.11. The van der Waals surface area contributed by atoms with Crippen LogP contribution in [0, 0.1) is 0 Å². The predicted octanol–water partition coefficient (Wildman–Crippen LogP) is -0.632. The molecule has 100 valence electrons. The molecule has 1 amide bonds. The molecule has 0 atom stereocenters. The van der Waals surface area contributed by atoms with Crippen LogP contribution in [0.1, 0.15) is 10.4 Å². The van der Waals surface area contributed by atoms with Gasteiger partial charge in [-0.05, 0) is 18.2 Å². The number of aliphatic hydroxyl groups excluding tert-OH is 3. The Bertz CT molecular complexity index is 427. The Kier molecular flexibility index (Phi) is 4.92. The van der Waals surface area contributed by atoms with Crippen molar-refractivity contribution >= 4 is 23.2 Å². The van der Waals surface area contributed by atoms with Gasteiger partial charge in [0.25, 0.3) is 5.91 Å². The van der Waals surface area contributed by atoms with Gasteiger partial charge in [-0.15, -0.1) is 0 Å². The third-order valence-corrected chi connectivity index (χ3v) is 2.88. The first-order valence-corrected chi connectivity index (χ1v) is 5.56. The van der Waals surface area contributed by atoms with Gasteiger partial charge in [0.05, 0.1) is 30.5 Å². The number of nitrogens with two attached hydrogens (primary N) is 1. The predicted molar refractivity (Wildman–Crippen MR) is 67.3 cm³/mol. The monoisotopic (exact) mass is 274 g/mol. The number of hydrogen-bond donors (Lipinski definition) is 5. The van der Waals surface area contributed by atoms with Crippen molar-refractivity contribution in [1.82, 2.24) is 5.32 Å². The van der Waals surface area contributed by atoms with Crippen LogP contribution in [0.25, 0.3) is 0 Å². The van der Waals surface area contributed by atoms with Gasteiger partial charge >= 0.3 is 0 Å². The van der Waals surface area contributed by atoms with Crippen LogP contribution >= 0.6 is 11.6 Å². The normalized spacial score (nSPS) is 11.3. The van der Waals surface area contributed by atoms with Gasteiger partial charge in [-0.25, -0.2) is 0 Å². The highest BCUT2D eigenvalue weighted by atomic mass is 35.5. The van der Waals surface area contributed by atoms with Gasteiger partial charge in [0.2, 0.25) is 0 Å². The fraction of sp³-hybridized carbons (Fsp3) is 0.364. The maximum atomic E-state index is 11.9. The first kappa shape index (κ1) is 14.7. The molecule has 0 spiro atoms. The number of rotatable bonds is 5. The Morgan fingerprint density at radius 3 is 2.28 bits per heavy atom. The molecule has 0 heterocycles. The van der Waals surface area contributed by atoms with Crippen LogP contribution in [-0.2, 0) is 0 Å². The topological polar surface area (TPSA) is 116 Å². The highest BCUT2D eigenvalue weighted by Crippen LogP contribution is 2.20. The average molecular weight is 275 g/mol. The Labute approximate surface area is 109 Å². The maximum absolute atomic E-state index is 11.9. The number of halogens is 1. The van der Waals surface area contributed by atoms with E-state index in [0.29, 0.717) is 5.69 Å². The fourth-order valence-electron chi connectivity index (χ4n) is 1.25. The van der Waals surface area contributed by atoms with Gasteiger partial charge in [0.15, 0.2) is 0 Å². The van der Waals surface area contributed by atoms with E-state index in [1.807, 2.05) is 0 Å². The van der Waals surface area contributed by atoms with Crippen LogP contribution in [0.3, 0.4) is 0 Å². The Morgan fingerprint density at radius 2 is 1.83 bits per heavy atom. The summed E-state index contributed by atoms with van der Waals surface area (Å²) in [6.07, 6.45) is 0. The summed E-state index contributed by atoms with van der Waals surface area (Å²) in [4.78, 5) is 11.9. The first-order valence-electron chi connectivity index (χ1n) is 5.18. The first-order chi connectivity index (χ1) is 8.48. The molecule has 7 heteroatoms. The smallest absolute Gasteiger partial charge is 0.252 e. The van der Waals surface area contributed by atoms with Gasteiger partial charge in [-0.1, -0.05) is 11.6 Å². The molecule has 1 rings (SSSR count). The molecule has 6 N–H and O–H groups in total. The van der Waals surface area contributed by atoms with Crippen molar-refractivity contribution in [2.75, 3.05) is 25.6 Å². The fourth-order valence-corrected chi connectivity index (χ4v) is 1.43. The lowest BCUT2D eigenvalue weighted by Crippen LogP contribution is -2.57. The minimum Gasteiger partial charge on any atom is -0.398 e. The quantitative estimate of drug-likeness (QED) is 0.459. The number of nitrogen functional groups attached to an aromatic ring is 1. The van der Waals surface area contributed by atoms with Crippen molar-refractivity contribution in [3.05, 3.63) is 28.8 Å². The number of amides is 1. The summed E-state index contributed by atoms with van der Waals surface area (Å²) in [5.41, 5.74) is 4.60. The number of aliphatic hydroxyl groups is 3. The van der Waals surface area contributed by atoms with Crippen molar-refractivity contribution in [3.63, 3.8) is 0 Å². The minimum atomic E-state index is -1.47. The number of carbonyl (C=O) groups excluding carboxylic acids is 1. The number of carbonyl (C=O) groups is 1. The summed E-state index contributed by atoms with van der Waals surface area (Å²) in [6, 6.07) is 4.28. The third-order valence-electron chi connectivity index (χ3n) is 2.55. The van der Waals surface area contributed by atoms with Crippen molar-refractivity contribution in [2.24, 2.45) is 0 Å². The Morgan fingerprint density at radius 1 is 1.28 bits per heavy atom. The lowest BCUT2D eigenvalue weighted by molar-refractivity contribution is 0.0375. The van der Waals surface area contributed by atoms with E-state index >= 15 is 0 Å². The molecule has 0 aliphatic carbocycles. The molecule has 0 radical (unpaired) electrons. The molecule has 1 aromatic carbocycles. The molecule has 1 aromatic rings. The summed E-state index contributed by atoms with van der Waals surface area (Å²) in [6.45, 7) is -1.77. The second-order valence-corrected chi connectivity index (χ2v) is 4.35. The molecule has 0 aliphatic rings. The van der Waals surface area contributed by atoms with E-state index in [4.69, 9.17) is 32.7 Å². The summed E-state index contributed by atoms with van der Waals surface area (Å²) in [5, 5.41) is 29.9. The molecule has 6 nitrogen and oxygen atoms in total. The van der Waals surface area contributed by atoms with Gasteiger partial charge in [-0.3, -0.25) is 4.79 Å². The van der Waals surface area contributed by atoms with E-state index < -0.39 is 31.3 Å². The standard InChI is InChI=1S/C11H15ClN2O4/c12-8-3-7(1-2-9(8)13)10(18)14-11(4-15,5-16)6-17/h1-3,15-17H,4-6,13H2,(H,14,18). The van der Waals surface area contributed by atoms with E-state index in [0.717, 1.165) is 0 Å². The second kappa shape index (κ2) is 6.01. The van der Waals surface area contributed by atoms with Crippen LogP contribution in [0.15, 0.2) is 18.2 Å². The molecule has 0 saturated carbocycles. The Balaban J connectivity index is 2.90. The van der Waals surface area contributed by atoms with Crippen LogP contribution in [0.4, 0.5) is 5.69 Å². The van der Waals surface area contributed by atoms with Crippen LogP contribution in [0.5, 0.6) is 0 Å². The molecular formula is C11H15ClN2O4. The molecule has 0 aliphatic heterocycles. The van der Waals surface area contributed by atoms with Crippen molar-refractivity contribution in [1.29, 1.82) is 0 Å². The van der Waals surface area contributed by atoms with Crippen molar-refractivity contribution in [2.45, 2.75) is 5.54 Å². The van der Waals surface area contributed by atoms with E-state index in [-0.39, 0.29) is 10.6 Å². The molecular weight excluding hydrogens is 260 g/mol. The van der Waals surface area contributed by atoms with Gasteiger partial charge in [0.1, 0.15) is 5.54 Å². The number of benzene rings is 1. The summed E-state index contributed by atoms with van der Waals surface area (Å²) >= 11 is 5.78. The SMILES string of the molecule is Nc1ccc(C(=O)NC(CO)(CO)CO)cc1Cl. The largest absolute Gasteiger partial charge is 0.398 e. The molecule has 0 fully saturated rings. The molecule has 0 saturated heterocycles. The lowest BCUT2D eigenvalue weighted by atomic mass is 10.0. The lowest BCUT2D eigenvalue weighted by Gasteiger charge is -2.28. The van der Waals surface area contributed by atoms with Crippen molar-refractivity contribution in [3.8, 4) is 0 Å².